The third-order valence-corrected chi connectivity index (χ3v) is 2.00. The molecule has 0 unspecified atom stereocenters. The topological polar surface area (TPSA) is 83.6 Å². The molecule has 0 amide bonds. The van der Waals surface area contributed by atoms with Gasteiger partial charge >= 0.3 is 5.97 Å². The fourth-order valence-corrected chi connectivity index (χ4v) is 1.28. The number of carboxylic acids is 1. The molecule has 0 atom stereocenters. The number of carboxylic acid groups (broad SMARTS) is 1. The first-order chi connectivity index (χ1) is 7.59. The van der Waals surface area contributed by atoms with Crippen LogP contribution in [0.25, 0.3) is 11.3 Å². The number of phenols is 1. The Morgan fingerprint density at radius 1 is 1.44 bits per heavy atom. The molecular formula is C10H6FNO4. The Labute approximate surface area is 88.7 Å². The quantitative estimate of drug-likeness (QED) is 0.812. The molecule has 0 saturated carbocycles. The molecule has 2 rings (SSSR count). The van der Waals surface area contributed by atoms with Crippen LogP contribution in [0.1, 0.15) is 10.4 Å². The number of nitrogens with zero attached hydrogens (tertiary/aromatic N) is 1. The monoisotopic (exact) mass is 223 g/mol. The highest BCUT2D eigenvalue weighted by atomic mass is 19.1. The van der Waals surface area contributed by atoms with E-state index in [0.717, 1.165) is 24.4 Å². The number of benzene rings is 1. The van der Waals surface area contributed by atoms with E-state index in [0.29, 0.717) is 0 Å². The first-order valence-electron chi connectivity index (χ1n) is 4.26. The number of carbonyl (C=O) groups is 1. The SMILES string of the molecule is O=C(O)c1cnoc1-c1cc(F)ccc1O. The molecule has 0 aliphatic heterocycles. The van der Waals surface area contributed by atoms with E-state index in [1.165, 1.54) is 0 Å². The Morgan fingerprint density at radius 3 is 2.88 bits per heavy atom. The van der Waals surface area contributed by atoms with Crippen LogP contribution in [-0.4, -0.2) is 21.3 Å². The van der Waals surface area contributed by atoms with Crippen molar-refractivity contribution in [3.8, 4) is 17.1 Å². The molecule has 0 aliphatic carbocycles. The van der Waals surface area contributed by atoms with Gasteiger partial charge in [0, 0.05) is 0 Å². The number of aromatic carboxylic acids is 1. The predicted molar refractivity (Wildman–Crippen MR) is 50.5 cm³/mol. The van der Waals surface area contributed by atoms with Gasteiger partial charge in [-0.2, -0.15) is 0 Å². The normalized spacial score (nSPS) is 10.3. The molecule has 2 N–H and O–H groups in total. The fourth-order valence-electron chi connectivity index (χ4n) is 1.28. The number of aromatic nitrogens is 1. The van der Waals surface area contributed by atoms with Crippen LogP contribution in [0.5, 0.6) is 5.75 Å². The first-order valence-corrected chi connectivity index (χ1v) is 4.26. The summed E-state index contributed by atoms with van der Waals surface area (Å²) < 4.78 is 17.6. The summed E-state index contributed by atoms with van der Waals surface area (Å²) >= 11 is 0. The molecule has 0 bridgehead atoms. The standard InChI is InChI=1S/C10H6FNO4/c11-5-1-2-8(13)6(3-5)9-7(10(14)15)4-12-16-9/h1-4,13H,(H,14,15). The fraction of sp³-hybridized carbons (Fsp3) is 0. The maximum absolute atomic E-state index is 13.0. The highest BCUT2D eigenvalue weighted by Crippen LogP contribution is 2.32. The predicted octanol–water partition coefficient (Wildman–Crippen LogP) is 1.88. The van der Waals surface area contributed by atoms with Crippen LogP contribution >= 0.6 is 0 Å². The zero-order valence-corrected chi connectivity index (χ0v) is 7.85. The summed E-state index contributed by atoms with van der Waals surface area (Å²) in [4.78, 5) is 10.8. The lowest BCUT2D eigenvalue weighted by molar-refractivity contribution is 0.0697. The lowest BCUT2D eigenvalue weighted by Gasteiger charge is -2.01. The third-order valence-electron chi connectivity index (χ3n) is 2.00. The molecule has 1 heterocycles. The second kappa shape index (κ2) is 3.65. The molecule has 0 radical (unpaired) electrons. The van der Waals surface area contributed by atoms with Crippen molar-refractivity contribution in [1.29, 1.82) is 0 Å². The van der Waals surface area contributed by atoms with Crippen LogP contribution in [0.2, 0.25) is 0 Å². The second-order valence-electron chi connectivity index (χ2n) is 3.04. The van der Waals surface area contributed by atoms with E-state index in [4.69, 9.17) is 9.63 Å². The van der Waals surface area contributed by atoms with Crippen molar-refractivity contribution in [2.45, 2.75) is 0 Å². The summed E-state index contributed by atoms with van der Waals surface area (Å²) in [5, 5.41) is 21.6. The maximum atomic E-state index is 13.0. The van der Waals surface area contributed by atoms with Crippen molar-refractivity contribution in [3.05, 3.63) is 35.8 Å². The first kappa shape index (κ1) is 10.2. The molecule has 16 heavy (non-hydrogen) atoms. The third kappa shape index (κ3) is 1.60. The highest BCUT2D eigenvalue weighted by molar-refractivity contribution is 5.94. The average Bonchev–Trinajstić information content (AvgIpc) is 2.70. The molecule has 0 spiro atoms. The minimum atomic E-state index is -1.26. The van der Waals surface area contributed by atoms with Crippen molar-refractivity contribution in [1.82, 2.24) is 5.16 Å². The van der Waals surface area contributed by atoms with Gasteiger partial charge in [0.25, 0.3) is 0 Å². The summed E-state index contributed by atoms with van der Waals surface area (Å²) in [7, 11) is 0. The number of hydrogen-bond acceptors (Lipinski definition) is 4. The molecule has 0 aliphatic rings. The van der Waals surface area contributed by atoms with Gasteiger partial charge in [-0.05, 0) is 18.2 Å². The van der Waals surface area contributed by atoms with Crippen LogP contribution in [0.4, 0.5) is 4.39 Å². The van der Waals surface area contributed by atoms with Crippen molar-refractivity contribution < 1.29 is 23.9 Å². The zero-order chi connectivity index (χ0) is 11.7. The smallest absolute Gasteiger partial charge is 0.341 e. The van der Waals surface area contributed by atoms with Gasteiger partial charge in [-0.3, -0.25) is 0 Å². The zero-order valence-electron chi connectivity index (χ0n) is 7.85. The Kier molecular flexibility index (Phi) is 2.32. The molecule has 2 aromatic rings. The van der Waals surface area contributed by atoms with Gasteiger partial charge in [-0.1, -0.05) is 5.16 Å². The van der Waals surface area contributed by atoms with Gasteiger partial charge in [0.15, 0.2) is 5.76 Å². The minimum Gasteiger partial charge on any atom is -0.507 e. The number of hydrogen-bond donors (Lipinski definition) is 2. The average molecular weight is 223 g/mol. The van der Waals surface area contributed by atoms with Gasteiger partial charge < -0.3 is 14.7 Å². The highest BCUT2D eigenvalue weighted by Gasteiger charge is 2.19. The Balaban J connectivity index is 2.62. The van der Waals surface area contributed by atoms with E-state index in [2.05, 4.69) is 5.16 Å². The number of rotatable bonds is 2. The van der Waals surface area contributed by atoms with Gasteiger partial charge in [0.1, 0.15) is 17.1 Å². The maximum Gasteiger partial charge on any atom is 0.341 e. The molecule has 6 heteroatoms. The van der Waals surface area contributed by atoms with E-state index in [1.807, 2.05) is 0 Å². The largest absolute Gasteiger partial charge is 0.507 e. The van der Waals surface area contributed by atoms with Crippen LogP contribution in [-0.2, 0) is 0 Å². The second-order valence-corrected chi connectivity index (χ2v) is 3.04. The number of phenolic OH excluding ortho intramolecular Hbond substituents is 1. The molecule has 1 aromatic carbocycles. The van der Waals surface area contributed by atoms with E-state index < -0.39 is 11.8 Å². The van der Waals surface area contributed by atoms with Gasteiger partial charge in [0.05, 0.1) is 11.8 Å². The lowest BCUT2D eigenvalue weighted by Crippen LogP contribution is -1.96. The van der Waals surface area contributed by atoms with Crippen molar-refractivity contribution in [2.75, 3.05) is 0 Å². The summed E-state index contributed by atoms with van der Waals surface area (Å²) in [6, 6.07) is 3.14. The minimum absolute atomic E-state index is 0.0464. The molecular weight excluding hydrogens is 217 g/mol. The Hall–Kier alpha value is -2.37. The van der Waals surface area contributed by atoms with E-state index in [9.17, 15) is 14.3 Å². The summed E-state index contributed by atoms with van der Waals surface area (Å²) in [5.74, 6) is -2.33. The van der Waals surface area contributed by atoms with Gasteiger partial charge in [0.2, 0.25) is 0 Å². The van der Waals surface area contributed by atoms with Crippen molar-refractivity contribution >= 4 is 5.97 Å². The summed E-state index contributed by atoms with van der Waals surface area (Å²) in [6.07, 6.45) is 0.988. The number of aromatic hydroxyl groups is 1. The van der Waals surface area contributed by atoms with Crippen LogP contribution < -0.4 is 0 Å². The van der Waals surface area contributed by atoms with Crippen molar-refractivity contribution in [3.63, 3.8) is 0 Å². The summed E-state index contributed by atoms with van der Waals surface area (Å²) in [6.45, 7) is 0. The molecule has 0 fully saturated rings. The molecule has 5 nitrogen and oxygen atoms in total. The van der Waals surface area contributed by atoms with Gasteiger partial charge in [-0.25, -0.2) is 9.18 Å². The van der Waals surface area contributed by atoms with E-state index >= 15 is 0 Å². The Bertz CT molecular complexity index is 550. The van der Waals surface area contributed by atoms with Crippen LogP contribution in [0, 0.1) is 5.82 Å². The van der Waals surface area contributed by atoms with Gasteiger partial charge in [-0.15, -0.1) is 0 Å². The Morgan fingerprint density at radius 2 is 2.19 bits per heavy atom. The molecule has 0 saturated heterocycles. The molecule has 1 aromatic heterocycles. The van der Waals surface area contributed by atoms with E-state index in [-0.39, 0.29) is 22.6 Å². The summed E-state index contributed by atoms with van der Waals surface area (Å²) in [5.41, 5.74) is -0.282. The van der Waals surface area contributed by atoms with Crippen LogP contribution in [0.3, 0.4) is 0 Å². The van der Waals surface area contributed by atoms with Crippen molar-refractivity contribution in [2.24, 2.45) is 0 Å². The lowest BCUT2D eigenvalue weighted by atomic mass is 10.1. The van der Waals surface area contributed by atoms with E-state index in [1.54, 1.807) is 0 Å². The number of halogens is 1. The molecule has 82 valence electrons. The van der Waals surface area contributed by atoms with Crippen LogP contribution in [0.15, 0.2) is 28.9 Å².